The highest BCUT2D eigenvalue weighted by molar-refractivity contribution is 7.90. The number of aliphatic hydroxyl groups excluding tert-OH is 1. The Labute approximate surface area is 212 Å². The van der Waals surface area contributed by atoms with Gasteiger partial charge in [-0.3, -0.25) is 9.59 Å². The number of amides is 2. The van der Waals surface area contributed by atoms with E-state index in [0.717, 1.165) is 12.3 Å². The third kappa shape index (κ3) is 6.30. The van der Waals surface area contributed by atoms with E-state index in [4.69, 9.17) is 0 Å². The van der Waals surface area contributed by atoms with Crippen molar-refractivity contribution in [3.05, 3.63) is 65.0 Å². The molecule has 3 rings (SSSR count). The molecule has 0 aromatic heterocycles. The summed E-state index contributed by atoms with van der Waals surface area (Å²) < 4.78 is 77.3. The highest BCUT2D eigenvalue weighted by Gasteiger charge is 2.42. The van der Waals surface area contributed by atoms with Crippen molar-refractivity contribution < 1.29 is 40.7 Å². The van der Waals surface area contributed by atoms with E-state index in [1.165, 1.54) is 36.1 Å². The Morgan fingerprint density at radius 3 is 2.38 bits per heavy atom. The molecule has 1 heterocycles. The van der Waals surface area contributed by atoms with Crippen molar-refractivity contribution in [2.24, 2.45) is 0 Å². The van der Waals surface area contributed by atoms with Crippen LogP contribution in [0.25, 0.3) is 0 Å². The van der Waals surface area contributed by atoms with Crippen molar-refractivity contribution in [3.8, 4) is 0 Å². The molecule has 2 unspecified atom stereocenters. The quantitative estimate of drug-likeness (QED) is 0.515. The van der Waals surface area contributed by atoms with E-state index in [9.17, 15) is 40.7 Å². The first kappa shape index (κ1) is 28.6. The maximum Gasteiger partial charge on any atom is 0.416 e. The van der Waals surface area contributed by atoms with E-state index in [1.807, 2.05) is 6.92 Å². The van der Waals surface area contributed by atoms with E-state index in [2.05, 4.69) is 5.32 Å². The van der Waals surface area contributed by atoms with Crippen molar-refractivity contribution in [3.63, 3.8) is 0 Å². The first-order chi connectivity index (χ1) is 17.1. The summed E-state index contributed by atoms with van der Waals surface area (Å²) in [5.74, 6) is -2.53. The Kier molecular flexibility index (Phi) is 8.33. The number of carbonyl (C=O) groups excluding carboxylic acids is 2. The van der Waals surface area contributed by atoms with Crippen molar-refractivity contribution in [2.45, 2.75) is 68.4 Å². The van der Waals surface area contributed by atoms with Crippen molar-refractivity contribution >= 4 is 21.7 Å². The number of benzene rings is 2. The Morgan fingerprint density at radius 1 is 1.16 bits per heavy atom. The van der Waals surface area contributed by atoms with Crippen molar-refractivity contribution in [1.29, 1.82) is 0 Å². The van der Waals surface area contributed by atoms with Crippen LogP contribution < -0.4 is 5.32 Å². The molecular weight excluding hydrogens is 516 g/mol. The number of hydrogen-bond acceptors (Lipinski definition) is 5. The Balaban J connectivity index is 1.90. The molecule has 0 radical (unpaired) electrons. The zero-order chi connectivity index (χ0) is 27.7. The Morgan fingerprint density at radius 2 is 1.84 bits per heavy atom. The van der Waals surface area contributed by atoms with Gasteiger partial charge in [0, 0.05) is 23.4 Å². The van der Waals surface area contributed by atoms with Crippen LogP contribution in [0.15, 0.2) is 47.4 Å². The summed E-state index contributed by atoms with van der Waals surface area (Å²) >= 11 is 0. The maximum atomic E-state index is 14.6. The SMILES string of the molecule is CC[C@@H]1CC[C@H](C(=O)NC(c2ccc(C(F)(F)F)cc2F)C(C)O)N1C(=O)c1cccc(S(C)(=O)=O)c1. The first-order valence-electron chi connectivity index (χ1n) is 11.6. The molecule has 4 atom stereocenters. The Hall–Kier alpha value is -2.99. The van der Waals surface area contributed by atoms with Gasteiger partial charge in [0.05, 0.1) is 22.6 Å². The number of aliphatic hydroxyl groups is 1. The molecule has 37 heavy (non-hydrogen) atoms. The second-order valence-corrected chi connectivity index (χ2v) is 11.1. The van der Waals surface area contributed by atoms with Gasteiger partial charge in [0.15, 0.2) is 9.84 Å². The van der Waals surface area contributed by atoms with Gasteiger partial charge in [-0.25, -0.2) is 12.8 Å². The smallest absolute Gasteiger partial charge is 0.391 e. The second kappa shape index (κ2) is 10.8. The van der Waals surface area contributed by atoms with Gasteiger partial charge in [0.2, 0.25) is 5.91 Å². The molecule has 202 valence electrons. The average Bonchev–Trinajstić information content (AvgIpc) is 3.25. The minimum absolute atomic E-state index is 0.0569. The fraction of sp³-hybridized carbons (Fsp3) is 0.440. The van der Waals surface area contributed by atoms with E-state index in [1.54, 1.807) is 0 Å². The largest absolute Gasteiger partial charge is 0.416 e. The highest BCUT2D eigenvalue weighted by Crippen LogP contribution is 2.33. The van der Waals surface area contributed by atoms with E-state index < -0.39 is 57.4 Å². The zero-order valence-corrected chi connectivity index (χ0v) is 21.2. The third-order valence-corrected chi connectivity index (χ3v) is 7.57. The van der Waals surface area contributed by atoms with Gasteiger partial charge >= 0.3 is 6.18 Å². The molecule has 0 aliphatic carbocycles. The molecular formula is C25H28F4N2O5S. The zero-order valence-electron chi connectivity index (χ0n) is 20.4. The summed E-state index contributed by atoms with van der Waals surface area (Å²) in [6.07, 6.45) is -3.89. The van der Waals surface area contributed by atoms with Gasteiger partial charge < -0.3 is 15.3 Å². The number of nitrogens with zero attached hydrogens (tertiary/aromatic N) is 1. The molecule has 2 amide bonds. The number of rotatable bonds is 7. The number of likely N-dealkylation sites (tertiary alicyclic amines) is 1. The van der Waals surface area contributed by atoms with Crippen molar-refractivity contribution in [1.82, 2.24) is 10.2 Å². The lowest BCUT2D eigenvalue weighted by Gasteiger charge is -2.31. The lowest BCUT2D eigenvalue weighted by molar-refractivity contribution is -0.137. The number of alkyl halides is 3. The van der Waals surface area contributed by atoms with Crippen LogP contribution in [0.2, 0.25) is 0 Å². The second-order valence-electron chi connectivity index (χ2n) is 9.13. The van der Waals surface area contributed by atoms with Gasteiger partial charge in [0.25, 0.3) is 5.91 Å². The van der Waals surface area contributed by atoms with Gasteiger partial charge in [-0.2, -0.15) is 13.2 Å². The predicted molar refractivity (Wildman–Crippen MR) is 127 cm³/mol. The van der Waals surface area contributed by atoms with Crippen LogP contribution >= 0.6 is 0 Å². The van der Waals surface area contributed by atoms with Gasteiger partial charge in [0.1, 0.15) is 11.9 Å². The molecule has 0 bridgehead atoms. The molecule has 1 aliphatic rings. The summed E-state index contributed by atoms with van der Waals surface area (Å²) in [6, 6.07) is 4.53. The summed E-state index contributed by atoms with van der Waals surface area (Å²) in [7, 11) is -3.59. The molecule has 0 saturated carbocycles. The van der Waals surface area contributed by atoms with Crippen LogP contribution in [0.1, 0.15) is 60.6 Å². The lowest BCUT2D eigenvalue weighted by Crippen LogP contribution is -2.50. The number of halogens is 4. The van der Waals surface area contributed by atoms with Crippen molar-refractivity contribution in [2.75, 3.05) is 6.26 Å². The number of sulfone groups is 1. The number of carbonyl (C=O) groups is 2. The molecule has 2 aromatic carbocycles. The standard InChI is InChI=1S/C25H28F4N2O5S/c1-4-17-9-11-21(31(17)24(34)15-6-5-7-18(12-15)37(3,35)36)23(33)30-22(14(2)32)19-10-8-16(13-20(19)26)25(27,28)29/h5-8,10,12-14,17,21-22,32H,4,9,11H2,1-3H3,(H,30,33)/t14?,17-,21-,22?/m1/s1. The molecule has 1 saturated heterocycles. The fourth-order valence-electron chi connectivity index (χ4n) is 4.52. The Bertz CT molecular complexity index is 1280. The molecule has 2 aromatic rings. The minimum Gasteiger partial charge on any atom is -0.391 e. The van der Waals surface area contributed by atoms with Crippen LogP contribution in [0.3, 0.4) is 0 Å². The van der Waals surface area contributed by atoms with Gasteiger partial charge in [-0.15, -0.1) is 0 Å². The first-order valence-corrected chi connectivity index (χ1v) is 13.5. The monoisotopic (exact) mass is 544 g/mol. The summed E-state index contributed by atoms with van der Waals surface area (Å²) in [5, 5.41) is 12.7. The van der Waals surface area contributed by atoms with Crippen LogP contribution in [-0.4, -0.2) is 54.7 Å². The molecule has 12 heteroatoms. The molecule has 0 spiro atoms. The van der Waals surface area contributed by atoms with Crippen LogP contribution in [-0.2, 0) is 20.8 Å². The molecule has 1 fully saturated rings. The normalized spacial score (nSPS) is 19.9. The minimum atomic E-state index is -4.77. The van der Waals surface area contributed by atoms with Gasteiger partial charge in [-0.05, 0) is 56.5 Å². The fourth-order valence-corrected chi connectivity index (χ4v) is 5.19. The molecule has 2 N–H and O–H groups in total. The van der Waals surface area contributed by atoms with Crippen LogP contribution in [0, 0.1) is 5.82 Å². The average molecular weight is 545 g/mol. The highest BCUT2D eigenvalue weighted by atomic mass is 32.2. The van der Waals surface area contributed by atoms with E-state index in [0.29, 0.717) is 25.0 Å². The van der Waals surface area contributed by atoms with E-state index in [-0.39, 0.29) is 28.5 Å². The van der Waals surface area contributed by atoms with Gasteiger partial charge in [-0.1, -0.05) is 19.1 Å². The molecule has 1 aliphatic heterocycles. The van der Waals surface area contributed by atoms with Crippen LogP contribution in [0.4, 0.5) is 17.6 Å². The molecule has 7 nitrogen and oxygen atoms in total. The summed E-state index contributed by atoms with van der Waals surface area (Å²) in [5.41, 5.74) is -1.47. The van der Waals surface area contributed by atoms with Crippen LogP contribution in [0.5, 0.6) is 0 Å². The summed E-state index contributed by atoms with van der Waals surface area (Å²) in [6.45, 7) is 3.08. The number of nitrogens with one attached hydrogen (secondary N) is 1. The maximum absolute atomic E-state index is 14.6. The predicted octanol–water partition coefficient (Wildman–Crippen LogP) is 3.87. The van der Waals surface area contributed by atoms with E-state index >= 15 is 0 Å². The third-order valence-electron chi connectivity index (χ3n) is 6.46. The lowest BCUT2D eigenvalue weighted by atomic mass is 9.99. The number of hydrogen-bond donors (Lipinski definition) is 2. The summed E-state index contributed by atoms with van der Waals surface area (Å²) in [4.78, 5) is 28.0. The topological polar surface area (TPSA) is 104 Å².